The Morgan fingerprint density at radius 2 is 2.30 bits per heavy atom. The second kappa shape index (κ2) is 7.93. The summed E-state index contributed by atoms with van der Waals surface area (Å²) in [4.78, 5) is 17.7. The first-order valence-electron chi connectivity index (χ1n) is 6.28. The van der Waals surface area contributed by atoms with Crippen molar-refractivity contribution in [1.82, 2.24) is 9.88 Å². The zero-order valence-electron chi connectivity index (χ0n) is 11.6. The van der Waals surface area contributed by atoms with Crippen LogP contribution in [0.25, 0.3) is 0 Å². The number of nitrogens with zero attached hydrogens (tertiary/aromatic N) is 3. The quantitative estimate of drug-likeness (QED) is 0.830. The van der Waals surface area contributed by atoms with Crippen molar-refractivity contribution < 1.29 is 9.90 Å². The smallest absolute Gasteiger partial charge is 0.255 e. The van der Waals surface area contributed by atoms with Crippen LogP contribution >= 0.6 is 0 Å². The largest absolute Gasteiger partial charge is 0.395 e. The highest BCUT2D eigenvalue weighted by Crippen LogP contribution is 2.07. The van der Waals surface area contributed by atoms with E-state index in [1.54, 1.807) is 26.2 Å². The Hall–Kier alpha value is -2.37. The summed E-state index contributed by atoms with van der Waals surface area (Å²) in [7, 11) is 1.65. The Labute approximate surface area is 118 Å². The van der Waals surface area contributed by atoms with E-state index in [2.05, 4.69) is 22.9 Å². The van der Waals surface area contributed by atoms with Gasteiger partial charge in [-0.1, -0.05) is 11.8 Å². The molecule has 0 bridgehead atoms. The molecule has 1 N–H and O–H groups in total. The third kappa shape index (κ3) is 4.72. The first-order valence-corrected chi connectivity index (χ1v) is 6.28. The molecule has 1 rings (SSSR count). The molecule has 0 aliphatic carbocycles. The third-order valence-corrected chi connectivity index (χ3v) is 2.57. The fourth-order valence-electron chi connectivity index (χ4n) is 1.60. The van der Waals surface area contributed by atoms with Crippen molar-refractivity contribution >= 4 is 5.91 Å². The zero-order valence-corrected chi connectivity index (χ0v) is 11.6. The summed E-state index contributed by atoms with van der Waals surface area (Å²) in [6, 6.07) is 3.75. The van der Waals surface area contributed by atoms with Crippen LogP contribution < -0.4 is 0 Å². The van der Waals surface area contributed by atoms with Crippen molar-refractivity contribution in [2.45, 2.75) is 13.3 Å². The number of rotatable bonds is 4. The van der Waals surface area contributed by atoms with Crippen LogP contribution in [0, 0.1) is 29.1 Å². The van der Waals surface area contributed by atoms with Crippen LogP contribution in [-0.2, 0) is 0 Å². The SMILES string of the molecule is CC(C#N)CN(C)C(=O)c1cncc(C#CCCO)c1. The average molecular weight is 271 g/mol. The number of hydrogen-bond acceptors (Lipinski definition) is 4. The molecule has 0 aliphatic heterocycles. The van der Waals surface area contributed by atoms with Gasteiger partial charge in [-0.25, -0.2) is 0 Å². The lowest BCUT2D eigenvalue weighted by atomic mass is 10.1. The van der Waals surface area contributed by atoms with E-state index >= 15 is 0 Å². The van der Waals surface area contributed by atoms with Crippen LogP contribution in [0.1, 0.15) is 29.3 Å². The number of amides is 1. The molecule has 1 aromatic rings. The molecule has 0 spiro atoms. The summed E-state index contributed by atoms with van der Waals surface area (Å²) in [6.07, 6.45) is 3.43. The molecule has 1 unspecified atom stereocenters. The van der Waals surface area contributed by atoms with E-state index in [4.69, 9.17) is 10.4 Å². The molecular formula is C15H17N3O2. The molecule has 1 atom stereocenters. The van der Waals surface area contributed by atoms with Gasteiger partial charge in [0.15, 0.2) is 0 Å². The van der Waals surface area contributed by atoms with Gasteiger partial charge in [-0.2, -0.15) is 5.26 Å². The maximum Gasteiger partial charge on any atom is 0.255 e. The number of aliphatic hydroxyl groups is 1. The van der Waals surface area contributed by atoms with Crippen LogP contribution in [0.15, 0.2) is 18.5 Å². The predicted molar refractivity (Wildman–Crippen MR) is 74.6 cm³/mol. The van der Waals surface area contributed by atoms with Crippen molar-refractivity contribution in [2.75, 3.05) is 20.2 Å². The summed E-state index contributed by atoms with van der Waals surface area (Å²) in [6.45, 7) is 2.14. The summed E-state index contributed by atoms with van der Waals surface area (Å²) >= 11 is 0. The van der Waals surface area contributed by atoms with E-state index in [0.29, 0.717) is 24.1 Å². The normalized spacial score (nSPS) is 10.9. The van der Waals surface area contributed by atoms with Crippen LogP contribution in [-0.4, -0.2) is 41.1 Å². The summed E-state index contributed by atoms with van der Waals surface area (Å²) < 4.78 is 0. The molecule has 20 heavy (non-hydrogen) atoms. The highest BCUT2D eigenvalue weighted by molar-refractivity contribution is 5.94. The molecular weight excluding hydrogens is 254 g/mol. The number of pyridine rings is 1. The highest BCUT2D eigenvalue weighted by Gasteiger charge is 2.14. The fraction of sp³-hybridized carbons (Fsp3) is 0.400. The lowest BCUT2D eigenvalue weighted by molar-refractivity contribution is 0.0784. The zero-order chi connectivity index (χ0) is 15.0. The molecule has 1 heterocycles. The van der Waals surface area contributed by atoms with Crippen molar-refractivity contribution in [3.63, 3.8) is 0 Å². The fourth-order valence-corrected chi connectivity index (χ4v) is 1.60. The van der Waals surface area contributed by atoms with Gasteiger partial charge in [-0.05, 0) is 13.0 Å². The van der Waals surface area contributed by atoms with Gasteiger partial charge >= 0.3 is 0 Å². The summed E-state index contributed by atoms with van der Waals surface area (Å²) in [5.74, 6) is 5.21. The molecule has 0 radical (unpaired) electrons. The average Bonchev–Trinajstić information content (AvgIpc) is 2.46. The van der Waals surface area contributed by atoms with E-state index in [0.717, 1.165) is 0 Å². The first kappa shape index (κ1) is 15.7. The highest BCUT2D eigenvalue weighted by atomic mass is 16.2. The standard InChI is InChI=1S/C15H17N3O2/c1-12(8-16)11-18(2)15(20)14-7-13(9-17-10-14)5-3-4-6-19/h7,9-10,12,19H,4,6,11H2,1-2H3. The van der Waals surface area contributed by atoms with Gasteiger partial charge in [0, 0.05) is 38.0 Å². The molecule has 5 nitrogen and oxygen atoms in total. The minimum atomic E-state index is -0.218. The molecule has 1 aromatic heterocycles. The van der Waals surface area contributed by atoms with E-state index in [1.807, 2.05) is 0 Å². The number of aliphatic hydroxyl groups excluding tert-OH is 1. The summed E-state index contributed by atoms with van der Waals surface area (Å²) in [5, 5.41) is 17.4. The van der Waals surface area contributed by atoms with Gasteiger partial charge in [-0.3, -0.25) is 9.78 Å². The Morgan fingerprint density at radius 3 is 2.95 bits per heavy atom. The monoisotopic (exact) mass is 271 g/mol. The van der Waals surface area contributed by atoms with Crippen molar-refractivity contribution in [1.29, 1.82) is 5.26 Å². The molecule has 0 saturated heterocycles. The van der Waals surface area contributed by atoms with E-state index in [9.17, 15) is 4.79 Å². The van der Waals surface area contributed by atoms with Gasteiger partial charge in [0.2, 0.25) is 0 Å². The second-order valence-corrected chi connectivity index (χ2v) is 4.45. The molecule has 5 heteroatoms. The van der Waals surface area contributed by atoms with Crippen LogP contribution in [0.4, 0.5) is 0 Å². The molecule has 104 valence electrons. The van der Waals surface area contributed by atoms with E-state index in [-0.39, 0.29) is 18.4 Å². The first-order chi connectivity index (χ1) is 9.58. The van der Waals surface area contributed by atoms with Crippen molar-refractivity contribution in [3.05, 3.63) is 29.6 Å². The topological polar surface area (TPSA) is 77.2 Å². The number of carbonyl (C=O) groups is 1. The maximum absolute atomic E-state index is 12.2. The van der Waals surface area contributed by atoms with Crippen LogP contribution in [0.2, 0.25) is 0 Å². The predicted octanol–water partition coefficient (Wildman–Crippen LogP) is 1.05. The van der Waals surface area contributed by atoms with Gasteiger partial charge in [0.25, 0.3) is 5.91 Å². The number of hydrogen-bond donors (Lipinski definition) is 1. The van der Waals surface area contributed by atoms with E-state index in [1.165, 1.54) is 11.1 Å². The number of aromatic nitrogens is 1. The molecule has 0 aliphatic rings. The maximum atomic E-state index is 12.2. The van der Waals surface area contributed by atoms with Crippen molar-refractivity contribution in [2.24, 2.45) is 5.92 Å². The number of carbonyl (C=O) groups excluding carboxylic acids is 1. The van der Waals surface area contributed by atoms with Gasteiger partial charge < -0.3 is 10.0 Å². The molecule has 0 saturated carbocycles. The Bertz CT molecular complexity index is 566. The lowest BCUT2D eigenvalue weighted by Gasteiger charge is -2.18. The Morgan fingerprint density at radius 1 is 1.55 bits per heavy atom. The second-order valence-electron chi connectivity index (χ2n) is 4.45. The Kier molecular flexibility index (Phi) is 6.22. The lowest BCUT2D eigenvalue weighted by Crippen LogP contribution is -2.30. The minimum absolute atomic E-state index is 0.00777. The van der Waals surface area contributed by atoms with Gasteiger partial charge in [0.05, 0.1) is 24.2 Å². The molecule has 0 fully saturated rings. The van der Waals surface area contributed by atoms with Crippen LogP contribution in [0.3, 0.4) is 0 Å². The summed E-state index contributed by atoms with van der Waals surface area (Å²) in [5.41, 5.74) is 1.07. The third-order valence-electron chi connectivity index (χ3n) is 2.57. The van der Waals surface area contributed by atoms with Gasteiger partial charge in [0.1, 0.15) is 0 Å². The van der Waals surface area contributed by atoms with Crippen LogP contribution in [0.5, 0.6) is 0 Å². The Balaban J connectivity index is 2.82. The number of nitriles is 1. The molecule has 0 aromatic carbocycles. The molecule has 1 amide bonds. The van der Waals surface area contributed by atoms with Crippen molar-refractivity contribution in [3.8, 4) is 17.9 Å². The van der Waals surface area contributed by atoms with Gasteiger partial charge in [-0.15, -0.1) is 0 Å². The minimum Gasteiger partial charge on any atom is -0.395 e. The van der Waals surface area contributed by atoms with E-state index < -0.39 is 0 Å².